The van der Waals surface area contributed by atoms with Crippen molar-refractivity contribution in [2.45, 2.75) is 20.1 Å². The van der Waals surface area contributed by atoms with Crippen molar-refractivity contribution in [2.24, 2.45) is 0 Å². The molecule has 0 saturated heterocycles. The summed E-state index contributed by atoms with van der Waals surface area (Å²) in [4.78, 5) is 2.13. The molecule has 0 amide bonds. The van der Waals surface area contributed by atoms with E-state index in [1.165, 1.54) is 0 Å². The quantitative estimate of drug-likeness (QED) is 0.532. The number of ether oxygens (including phenoxy) is 2. The van der Waals surface area contributed by atoms with Crippen LogP contribution >= 0.6 is 35.6 Å². The van der Waals surface area contributed by atoms with Crippen LogP contribution in [0.3, 0.4) is 0 Å². The predicted octanol–water partition coefficient (Wildman–Crippen LogP) is 5.04. The van der Waals surface area contributed by atoms with E-state index in [-0.39, 0.29) is 12.4 Å². The number of hydrogen-bond acceptors (Lipinski definition) is 4. The van der Waals surface area contributed by atoms with Crippen LogP contribution < -0.4 is 14.8 Å². The Labute approximate surface area is 178 Å². The molecule has 150 valence electrons. The summed E-state index contributed by atoms with van der Waals surface area (Å²) in [6.07, 6.45) is 0. The van der Waals surface area contributed by atoms with Crippen LogP contribution in [0.25, 0.3) is 0 Å². The lowest BCUT2D eigenvalue weighted by Crippen LogP contribution is -2.26. The molecule has 0 radical (unpaired) electrons. The van der Waals surface area contributed by atoms with E-state index in [9.17, 15) is 0 Å². The fourth-order valence-electron chi connectivity index (χ4n) is 2.39. The van der Waals surface area contributed by atoms with Gasteiger partial charge in [-0.3, -0.25) is 0 Å². The molecule has 27 heavy (non-hydrogen) atoms. The maximum atomic E-state index is 6.44. The van der Waals surface area contributed by atoms with E-state index in [1.54, 1.807) is 0 Å². The van der Waals surface area contributed by atoms with E-state index >= 15 is 0 Å². The van der Waals surface area contributed by atoms with Gasteiger partial charge in [0.05, 0.1) is 6.61 Å². The van der Waals surface area contributed by atoms with E-state index in [0.29, 0.717) is 41.3 Å². The summed E-state index contributed by atoms with van der Waals surface area (Å²) in [5, 5.41) is 4.72. The van der Waals surface area contributed by atoms with E-state index in [0.717, 1.165) is 24.2 Å². The van der Waals surface area contributed by atoms with Gasteiger partial charge in [0.2, 0.25) is 0 Å². The fourth-order valence-corrected chi connectivity index (χ4v) is 2.80. The van der Waals surface area contributed by atoms with Gasteiger partial charge in [0, 0.05) is 41.3 Å². The summed E-state index contributed by atoms with van der Waals surface area (Å²) >= 11 is 12.6. The Morgan fingerprint density at radius 1 is 0.963 bits per heavy atom. The monoisotopic (exact) mass is 432 g/mol. The topological polar surface area (TPSA) is 33.7 Å². The fraction of sp³-hybridized carbons (Fsp3) is 0.400. The van der Waals surface area contributed by atoms with Crippen LogP contribution in [0.2, 0.25) is 10.0 Å². The van der Waals surface area contributed by atoms with Crippen molar-refractivity contribution in [3.05, 3.63) is 57.6 Å². The van der Waals surface area contributed by atoms with Crippen molar-refractivity contribution < 1.29 is 9.47 Å². The standard InChI is InChI=1S/C20H26Cl2N2O2.ClH/c1-4-25-19-11-16(13-23-9-10-24(2)3)18(22)12-20(19)26-14-15-7-5-6-8-17(15)21;/h5-8,11-12,23H,4,9-10,13-14H2,1-3H3;1H. The predicted molar refractivity (Wildman–Crippen MR) is 116 cm³/mol. The molecular weight excluding hydrogens is 407 g/mol. The average molecular weight is 434 g/mol. The molecule has 0 unspecified atom stereocenters. The van der Waals surface area contributed by atoms with Crippen molar-refractivity contribution in [1.29, 1.82) is 0 Å². The minimum absolute atomic E-state index is 0. The second-order valence-electron chi connectivity index (χ2n) is 6.18. The summed E-state index contributed by atoms with van der Waals surface area (Å²) in [5.41, 5.74) is 1.90. The third-order valence-electron chi connectivity index (χ3n) is 3.80. The maximum absolute atomic E-state index is 6.44. The molecule has 0 aromatic heterocycles. The van der Waals surface area contributed by atoms with Gasteiger partial charge in [0.1, 0.15) is 6.61 Å². The van der Waals surface area contributed by atoms with Gasteiger partial charge in [-0.15, -0.1) is 12.4 Å². The number of likely N-dealkylation sites (N-methyl/N-ethyl adjacent to an activating group) is 1. The van der Waals surface area contributed by atoms with E-state index in [4.69, 9.17) is 32.7 Å². The van der Waals surface area contributed by atoms with Gasteiger partial charge in [0.15, 0.2) is 11.5 Å². The maximum Gasteiger partial charge on any atom is 0.163 e. The highest BCUT2D eigenvalue weighted by molar-refractivity contribution is 6.31. The van der Waals surface area contributed by atoms with Crippen molar-refractivity contribution in [2.75, 3.05) is 33.8 Å². The molecule has 0 aliphatic rings. The van der Waals surface area contributed by atoms with Crippen molar-refractivity contribution in [3.8, 4) is 11.5 Å². The lowest BCUT2D eigenvalue weighted by Gasteiger charge is -2.16. The number of halogens is 3. The van der Waals surface area contributed by atoms with E-state index in [2.05, 4.69) is 10.2 Å². The number of hydrogen-bond donors (Lipinski definition) is 1. The van der Waals surface area contributed by atoms with Crippen LogP contribution in [0.5, 0.6) is 11.5 Å². The molecule has 7 heteroatoms. The zero-order chi connectivity index (χ0) is 18.9. The Balaban J connectivity index is 0.00000364. The molecular formula is C20H27Cl3N2O2. The first kappa shape index (κ1) is 23.9. The molecule has 0 saturated carbocycles. The number of rotatable bonds is 10. The lowest BCUT2D eigenvalue weighted by molar-refractivity contribution is 0.269. The second kappa shape index (κ2) is 12.3. The van der Waals surface area contributed by atoms with Crippen LogP contribution in [0.1, 0.15) is 18.1 Å². The van der Waals surface area contributed by atoms with Crippen molar-refractivity contribution in [1.82, 2.24) is 10.2 Å². The minimum Gasteiger partial charge on any atom is -0.490 e. The molecule has 0 bridgehead atoms. The molecule has 4 nitrogen and oxygen atoms in total. The molecule has 0 spiro atoms. The normalized spacial score (nSPS) is 10.6. The zero-order valence-electron chi connectivity index (χ0n) is 15.9. The largest absolute Gasteiger partial charge is 0.490 e. The van der Waals surface area contributed by atoms with Crippen LogP contribution in [-0.2, 0) is 13.2 Å². The molecule has 2 aromatic carbocycles. The molecule has 1 N–H and O–H groups in total. The van der Waals surface area contributed by atoms with Crippen LogP contribution in [0, 0.1) is 0 Å². The van der Waals surface area contributed by atoms with Gasteiger partial charge in [-0.1, -0.05) is 41.4 Å². The SMILES string of the molecule is CCOc1cc(CNCCN(C)C)c(Cl)cc1OCc1ccccc1Cl.Cl. The van der Waals surface area contributed by atoms with Gasteiger partial charge in [-0.25, -0.2) is 0 Å². The number of nitrogens with zero attached hydrogens (tertiary/aromatic N) is 1. The lowest BCUT2D eigenvalue weighted by atomic mass is 10.2. The third kappa shape index (κ3) is 7.76. The van der Waals surface area contributed by atoms with E-state index in [1.807, 2.05) is 57.4 Å². The number of nitrogens with one attached hydrogen (secondary N) is 1. The Kier molecular flexibility index (Phi) is 10.9. The highest BCUT2D eigenvalue weighted by atomic mass is 35.5. The molecule has 2 aromatic rings. The first-order valence-corrected chi connectivity index (χ1v) is 9.43. The molecule has 2 rings (SSSR count). The molecule has 0 aliphatic carbocycles. The average Bonchev–Trinajstić information content (AvgIpc) is 2.60. The Bertz CT molecular complexity index is 712. The Hall–Kier alpha value is -1.17. The second-order valence-corrected chi connectivity index (χ2v) is 7.00. The van der Waals surface area contributed by atoms with Crippen molar-refractivity contribution >= 4 is 35.6 Å². The van der Waals surface area contributed by atoms with Gasteiger partial charge in [-0.2, -0.15) is 0 Å². The zero-order valence-corrected chi connectivity index (χ0v) is 18.3. The summed E-state index contributed by atoms with van der Waals surface area (Å²) in [5.74, 6) is 1.31. The Morgan fingerprint density at radius 2 is 1.67 bits per heavy atom. The summed E-state index contributed by atoms with van der Waals surface area (Å²) in [6, 6.07) is 11.4. The summed E-state index contributed by atoms with van der Waals surface area (Å²) in [6.45, 7) is 5.39. The van der Waals surface area contributed by atoms with Gasteiger partial charge in [0.25, 0.3) is 0 Å². The molecule has 0 fully saturated rings. The van der Waals surface area contributed by atoms with Crippen LogP contribution in [-0.4, -0.2) is 38.7 Å². The van der Waals surface area contributed by atoms with Crippen LogP contribution in [0.15, 0.2) is 36.4 Å². The number of benzene rings is 2. The first-order chi connectivity index (χ1) is 12.5. The highest BCUT2D eigenvalue weighted by Gasteiger charge is 2.12. The summed E-state index contributed by atoms with van der Waals surface area (Å²) < 4.78 is 11.7. The van der Waals surface area contributed by atoms with E-state index < -0.39 is 0 Å². The van der Waals surface area contributed by atoms with Gasteiger partial charge in [-0.05, 0) is 38.7 Å². The minimum atomic E-state index is 0. The first-order valence-electron chi connectivity index (χ1n) is 8.68. The molecule has 0 atom stereocenters. The third-order valence-corrected chi connectivity index (χ3v) is 4.53. The summed E-state index contributed by atoms with van der Waals surface area (Å²) in [7, 11) is 4.10. The highest BCUT2D eigenvalue weighted by Crippen LogP contribution is 2.34. The molecule has 0 heterocycles. The Morgan fingerprint density at radius 3 is 2.33 bits per heavy atom. The van der Waals surface area contributed by atoms with Gasteiger partial charge >= 0.3 is 0 Å². The van der Waals surface area contributed by atoms with Crippen LogP contribution in [0.4, 0.5) is 0 Å². The van der Waals surface area contributed by atoms with Crippen molar-refractivity contribution in [3.63, 3.8) is 0 Å². The smallest absolute Gasteiger partial charge is 0.163 e. The van der Waals surface area contributed by atoms with Gasteiger partial charge < -0.3 is 19.7 Å². The molecule has 0 aliphatic heterocycles.